The van der Waals surface area contributed by atoms with Gasteiger partial charge in [-0.2, -0.15) is 18.3 Å². The molecule has 9 heteroatoms. The minimum Gasteiger partial charge on any atom is -0.390 e. The molecule has 1 aliphatic rings. The second kappa shape index (κ2) is 7.86. The van der Waals surface area contributed by atoms with Crippen LogP contribution >= 0.6 is 0 Å². The number of nitrogens with zero attached hydrogens (tertiary/aromatic N) is 2. The smallest absolute Gasteiger partial charge is 0.390 e. The first-order valence-corrected chi connectivity index (χ1v) is 9.67. The maximum Gasteiger partial charge on any atom is 0.416 e. The van der Waals surface area contributed by atoms with E-state index in [2.05, 4.69) is 10.4 Å². The second-order valence-electron chi connectivity index (χ2n) is 8.34. The molecule has 1 fully saturated rings. The monoisotopic (exact) mass is 423 g/mol. The molecule has 0 saturated heterocycles. The highest BCUT2D eigenvalue weighted by Crippen LogP contribution is 2.34. The Morgan fingerprint density at radius 2 is 2.00 bits per heavy atom. The number of amides is 1. The fourth-order valence-electron chi connectivity index (χ4n) is 3.65. The molecule has 0 unspecified atom stereocenters. The molecule has 2 aromatic rings. The molecule has 1 aliphatic carbocycles. The molecule has 0 aliphatic heterocycles. The zero-order valence-electron chi connectivity index (χ0n) is 17.0. The van der Waals surface area contributed by atoms with Crippen LogP contribution in [0.2, 0.25) is 0 Å². The van der Waals surface area contributed by atoms with Crippen LogP contribution in [0.5, 0.6) is 0 Å². The standard InChI is InChI=1S/C21H24F3N3O3/c1-12(2)19-16(13-5-4-6-14(7-13)21(22,23)24)8-18(29)27(26-19)11-17(28)25-15-9-20(3,30)10-15/h4-8,12,15,30H,9-11H2,1-3H3,(H,25,28). The highest BCUT2D eigenvalue weighted by Gasteiger charge is 2.39. The van der Waals surface area contributed by atoms with Crippen molar-refractivity contribution in [1.82, 2.24) is 15.1 Å². The van der Waals surface area contributed by atoms with Gasteiger partial charge in [-0.1, -0.05) is 26.0 Å². The van der Waals surface area contributed by atoms with Crippen molar-refractivity contribution in [3.8, 4) is 11.1 Å². The maximum absolute atomic E-state index is 13.1. The SMILES string of the molecule is CC(C)c1nn(CC(=O)NC2CC(C)(O)C2)c(=O)cc1-c1cccc(C(F)(F)F)c1. The summed E-state index contributed by atoms with van der Waals surface area (Å²) in [7, 11) is 0. The van der Waals surface area contributed by atoms with Crippen LogP contribution in [0, 0.1) is 0 Å². The molecular weight excluding hydrogens is 399 g/mol. The number of rotatable bonds is 5. The van der Waals surface area contributed by atoms with Crippen LogP contribution in [0.4, 0.5) is 13.2 Å². The van der Waals surface area contributed by atoms with E-state index < -0.39 is 28.8 Å². The highest BCUT2D eigenvalue weighted by atomic mass is 19.4. The molecule has 1 heterocycles. The highest BCUT2D eigenvalue weighted by molar-refractivity contribution is 5.76. The lowest BCUT2D eigenvalue weighted by molar-refractivity contribution is -0.137. The first kappa shape index (κ1) is 22.0. The molecule has 162 valence electrons. The van der Waals surface area contributed by atoms with Gasteiger partial charge in [-0.3, -0.25) is 9.59 Å². The normalized spacial score (nSPS) is 21.4. The largest absolute Gasteiger partial charge is 0.416 e. The molecule has 0 bridgehead atoms. The van der Waals surface area contributed by atoms with Crippen LogP contribution < -0.4 is 10.9 Å². The fraction of sp³-hybridized carbons (Fsp3) is 0.476. The van der Waals surface area contributed by atoms with Crippen molar-refractivity contribution in [1.29, 1.82) is 0 Å². The Bertz CT molecular complexity index is 1000. The van der Waals surface area contributed by atoms with Crippen LogP contribution in [0.3, 0.4) is 0 Å². The van der Waals surface area contributed by atoms with Crippen LogP contribution in [0.25, 0.3) is 11.1 Å². The predicted molar refractivity (Wildman–Crippen MR) is 105 cm³/mol. The van der Waals surface area contributed by atoms with Gasteiger partial charge in [-0.25, -0.2) is 4.68 Å². The third-order valence-electron chi connectivity index (χ3n) is 5.11. The van der Waals surface area contributed by atoms with Gasteiger partial charge in [-0.15, -0.1) is 0 Å². The summed E-state index contributed by atoms with van der Waals surface area (Å²) in [6.45, 7) is 5.00. The lowest BCUT2D eigenvalue weighted by Gasteiger charge is -2.41. The number of benzene rings is 1. The van der Waals surface area contributed by atoms with E-state index >= 15 is 0 Å². The van der Waals surface area contributed by atoms with Crippen molar-refractivity contribution in [3.05, 3.63) is 51.9 Å². The van der Waals surface area contributed by atoms with Crippen molar-refractivity contribution in [2.75, 3.05) is 0 Å². The van der Waals surface area contributed by atoms with Gasteiger partial charge in [0.2, 0.25) is 5.91 Å². The van der Waals surface area contributed by atoms with Crippen molar-refractivity contribution >= 4 is 5.91 Å². The molecule has 3 rings (SSSR count). The Hall–Kier alpha value is -2.68. The zero-order chi connectivity index (χ0) is 22.3. The Balaban J connectivity index is 1.88. The summed E-state index contributed by atoms with van der Waals surface area (Å²) in [6.07, 6.45) is -3.62. The van der Waals surface area contributed by atoms with Gasteiger partial charge in [0.25, 0.3) is 5.56 Å². The van der Waals surface area contributed by atoms with E-state index in [1.807, 2.05) is 13.8 Å². The summed E-state index contributed by atoms with van der Waals surface area (Å²) in [5.74, 6) is -0.599. The quantitative estimate of drug-likeness (QED) is 0.774. The average Bonchev–Trinajstić information content (AvgIpc) is 2.60. The lowest BCUT2D eigenvalue weighted by atomic mass is 9.77. The van der Waals surface area contributed by atoms with E-state index in [4.69, 9.17) is 0 Å². The summed E-state index contributed by atoms with van der Waals surface area (Å²) < 4.78 is 40.2. The maximum atomic E-state index is 13.1. The number of carbonyl (C=O) groups excluding carboxylic acids is 1. The Morgan fingerprint density at radius 1 is 1.33 bits per heavy atom. The first-order valence-electron chi connectivity index (χ1n) is 9.67. The second-order valence-corrected chi connectivity index (χ2v) is 8.34. The number of nitrogens with one attached hydrogen (secondary N) is 1. The molecule has 6 nitrogen and oxygen atoms in total. The Kier molecular flexibility index (Phi) is 5.77. The number of aromatic nitrogens is 2. The minimum atomic E-state index is -4.50. The Morgan fingerprint density at radius 3 is 2.57 bits per heavy atom. The van der Waals surface area contributed by atoms with Crippen molar-refractivity contribution in [2.45, 2.75) is 63.9 Å². The van der Waals surface area contributed by atoms with Gasteiger partial charge in [0.05, 0.1) is 16.9 Å². The lowest BCUT2D eigenvalue weighted by Crippen LogP contribution is -2.54. The molecule has 0 radical (unpaired) electrons. The van der Waals surface area contributed by atoms with Crippen molar-refractivity contribution in [2.24, 2.45) is 0 Å². The van der Waals surface area contributed by atoms with E-state index in [1.54, 1.807) is 6.92 Å². The Labute approximate surface area is 171 Å². The minimum absolute atomic E-state index is 0.155. The molecule has 1 aromatic heterocycles. The number of aliphatic hydroxyl groups is 1. The number of hydrogen-bond acceptors (Lipinski definition) is 4. The van der Waals surface area contributed by atoms with Crippen LogP contribution in [-0.4, -0.2) is 32.4 Å². The van der Waals surface area contributed by atoms with Crippen LogP contribution in [0.15, 0.2) is 35.1 Å². The van der Waals surface area contributed by atoms with E-state index in [0.29, 0.717) is 24.1 Å². The molecular formula is C21H24F3N3O3. The number of alkyl halides is 3. The van der Waals surface area contributed by atoms with Gasteiger partial charge >= 0.3 is 6.18 Å². The van der Waals surface area contributed by atoms with Gasteiger partial charge in [-0.05, 0) is 43.4 Å². The molecule has 1 saturated carbocycles. The molecule has 0 atom stereocenters. The molecule has 2 N–H and O–H groups in total. The van der Waals surface area contributed by atoms with Gasteiger partial charge in [0, 0.05) is 17.7 Å². The van der Waals surface area contributed by atoms with E-state index in [9.17, 15) is 27.9 Å². The van der Waals surface area contributed by atoms with E-state index in [-0.39, 0.29) is 24.1 Å². The summed E-state index contributed by atoms with van der Waals surface area (Å²) in [5, 5.41) is 16.8. The third-order valence-corrected chi connectivity index (χ3v) is 5.11. The molecule has 1 amide bonds. The van der Waals surface area contributed by atoms with Crippen LogP contribution in [-0.2, 0) is 17.5 Å². The van der Waals surface area contributed by atoms with Gasteiger partial charge in [0.1, 0.15) is 6.54 Å². The molecule has 1 aromatic carbocycles. The molecule has 0 spiro atoms. The number of carbonyl (C=O) groups is 1. The van der Waals surface area contributed by atoms with Gasteiger partial charge < -0.3 is 10.4 Å². The predicted octanol–water partition coefficient (Wildman–Crippen LogP) is 3.08. The summed E-state index contributed by atoms with van der Waals surface area (Å²) in [4.78, 5) is 24.8. The molecule has 30 heavy (non-hydrogen) atoms. The summed E-state index contributed by atoms with van der Waals surface area (Å²) in [5.41, 5.74) is -1.20. The van der Waals surface area contributed by atoms with Crippen molar-refractivity contribution in [3.63, 3.8) is 0 Å². The fourth-order valence-corrected chi connectivity index (χ4v) is 3.65. The van der Waals surface area contributed by atoms with E-state index in [1.165, 1.54) is 18.2 Å². The average molecular weight is 423 g/mol. The zero-order valence-corrected chi connectivity index (χ0v) is 17.0. The van der Waals surface area contributed by atoms with Crippen molar-refractivity contribution < 1.29 is 23.1 Å². The topological polar surface area (TPSA) is 84.2 Å². The van der Waals surface area contributed by atoms with E-state index in [0.717, 1.165) is 16.8 Å². The number of halogens is 3. The van der Waals surface area contributed by atoms with Crippen LogP contribution in [0.1, 0.15) is 50.8 Å². The summed E-state index contributed by atoms with van der Waals surface area (Å²) >= 11 is 0. The number of hydrogen-bond donors (Lipinski definition) is 2. The first-order chi connectivity index (χ1) is 13.9. The third kappa shape index (κ3) is 4.89. The summed E-state index contributed by atoms with van der Waals surface area (Å²) in [6, 6.07) is 5.81. The van der Waals surface area contributed by atoms with Gasteiger partial charge in [0.15, 0.2) is 0 Å².